The van der Waals surface area contributed by atoms with Gasteiger partial charge in [-0.1, -0.05) is 133 Å². The van der Waals surface area contributed by atoms with Crippen LogP contribution >= 0.6 is 0 Å². The lowest BCUT2D eigenvalue weighted by molar-refractivity contribution is 0.00578. The molecular formula is C49H37BO3. The van der Waals surface area contributed by atoms with E-state index in [-0.39, 0.29) is 0 Å². The summed E-state index contributed by atoms with van der Waals surface area (Å²) in [7, 11) is -0.575. The van der Waals surface area contributed by atoms with Crippen molar-refractivity contribution in [1.29, 1.82) is 0 Å². The Morgan fingerprint density at radius 2 is 0.887 bits per heavy atom. The molecular weight excluding hydrogens is 647 g/mol. The second-order valence-corrected chi connectivity index (χ2v) is 15.7. The Morgan fingerprint density at radius 3 is 1.51 bits per heavy atom. The zero-order valence-electron chi connectivity index (χ0n) is 30.2. The fraction of sp³-hybridized carbons (Fsp3) is 0.143. The van der Waals surface area contributed by atoms with Gasteiger partial charge in [0.1, 0.15) is 11.2 Å². The van der Waals surface area contributed by atoms with Crippen LogP contribution < -0.4 is 5.46 Å². The normalized spacial score (nSPS) is 16.9. The van der Waals surface area contributed by atoms with Crippen LogP contribution in [0.5, 0.6) is 0 Å². The van der Waals surface area contributed by atoms with Gasteiger partial charge in [-0.05, 0) is 113 Å². The van der Waals surface area contributed by atoms with E-state index in [0.717, 1.165) is 49.7 Å². The highest BCUT2D eigenvalue weighted by atomic mass is 16.7. The highest BCUT2D eigenvalue weighted by molar-refractivity contribution is 6.64. The second-order valence-electron chi connectivity index (χ2n) is 15.7. The Kier molecular flexibility index (Phi) is 6.24. The maximum Gasteiger partial charge on any atom is 0.495 e. The van der Waals surface area contributed by atoms with Gasteiger partial charge in [-0.3, -0.25) is 0 Å². The highest BCUT2D eigenvalue weighted by Gasteiger charge is 2.54. The number of hydrogen-bond acceptors (Lipinski definition) is 3. The molecule has 254 valence electrons. The molecule has 1 fully saturated rings. The van der Waals surface area contributed by atoms with Crippen LogP contribution in [0.1, 0.15) is 49.9 Å². The Morgan fingerprint density at radius 1 is 0.396 bits per heavy atom. The molecule has 1 aliphatic heterocycles. The second kappa shape index (κ2) is 10.7. The van der Waals surface area contributed by atoms with Crippen molar-refractivity contribution < 1.29 is 13.7 Å². The van der Waals surface area contributed by atoms with Crippen LogP contribution in [0.25, 0.3) is 66.4 Å². The van der Waals surface area contributed by atoms with Gasteiger partial charge in [-0.25, -0.2) is 0 Å². The standard InChI is InChI=1S/C49H37BO3/c1-47(2)48(3,4)53-50(52-47)41-26-15-21-36-44(41)34-19-8-13-25-40(34)49(37-22-10-5-16-30(37)31-17-6-11-23-38(31)49)39-24-12-7-18-32(39)33-28-29-43-46(45(33)36)35-20-9-14-27-42(35)51-43/h5-29H,1-4H3. The SMILES string of the molecule is CC1(C)OB(c2cccc3c2-c2ccccc2C2(c4ccccc4-c4ccccc42)c2ccccc2-c2ccc4oc5ccccc5c4c2-3)OC1(C)C. The maximum atomic E-state index is 6.92. The van der Waals surface area contributed by atoms with E-state index in [1.807, 2.05) is 6.07 Å². The van der Waals surface area contributed by atoms with Gasteiger partial charge in [0.2, 0.25) is 0 Å². The average molecular weight is 685 g/mol. The van der Waals surface area contributed by atoms with Crippen molar-refractivity contribution in [2.24, 2.45) is 0 Å². The molecule has 53 heavy (non-hydrogen) atoms. The van der Waals surface area contributed by atoms with Crippen LogP contribution in [0, 0.1) is 0 Å². The van der Waals surface area contributed by atoms with Crippen LogP contribution in [0.15, 0.2) is 156 Å². The molecule has 2 aliphatic carbocycles. The third kappa shape index (κ3) is 3.97. The fourth-order valence-electron chi connectivity index (χ4n) is 9.60. The van der Waals surface area contributed by atoms with E-state index in [0.29, 0.717) is 0 Å². The molecule has 0 radical (unpaired) electrons. The first-order chi connectivity index (χ1) is 25.8. The summed E-state index contributed by atoms with van der Waals surface area (Å²) in [5.74, 6) is 0. The number of para-hydroxylation sites is 1. The lowest BCUT2D eigenvalue weighted by Gasteiger charge is -2.37. The van der Waals surface area contributed by atoms with E-state index in [4.69, 9.17) is 13.7 Å². The Hall–Kier alpha value is -5.68. The molecule has 1 saturated heterocycles. The molecule has 0 atom stereocenters. The zero-order chi connectivity index (χ0) is 35.7. The lowest BCUT2D eigenvalue weighted by Crippen LogP contribution is -2.41. The third-order valence-corrected chi connectivity index (χ3v) is 12.6. The van der Waals surface area contributed by atoms with Crippen LogP contribution in [0.4, 0.5) is 0 Å². The van der Waals surface area contributed by atoms with Gasteiger partial charge >= 0.3 is 7.12 Å². The third-order valence-electron chi connectivity index (χ3n) is 12.6. The molecule has 0 unspecified atom stereocenters. The van der Waals surface area contributed by atoms with Gasteiger partial charge in [0.25, 0.3) is 0 Å². The van der Waals surface area contributed by atoms with E-state index in [9.17, 15) is 0 Å². The molecule has 0 N–H and O–H groups in total. The molecule has 11 rings (SSSR count). The van der Waals surface area contributed by atoms with E-state index >= 15 is 0 Å². The molecule has 2 heterocycles. The molecule has 7 aromatic carbocycles. The van der Waals surface area contributed by atoms with Crippen LogP contribution in [0.2, 0.25) is 0 Å². The predicted octanol–water partition coefficient (Wildman–Crippen LogP) is 11.6. The molecule has 1 aromatic heterocycles. The molecule has 3 aliphatic rings. The van der Waals surface area contributed by atoms with Gasteiger partial charge in [-0.2, -0.15) is 0 Å². The van der Waals surface area contributed by atoms with E-state index in [1.165, 1.54) is 44.5 Å². The smallest absolute Gasteiger partial charge is 0.456 e. The summed E-state index contributed by atoms with van der Waals surface area (Å²) in [4.78, 5) is 0. The van der Waals surface area contributed by atoms with Gasteiger partial charge in [-0.15, -0.1) is 0 Å². The van der Waals surface area contributed by atoms with Crippen molar-refractivity contribution in [2.45, 2.75) is 44.3 Å². The molecule has 8 aromatic rings. The summed E-state index contributed by atoms with van der Waals surface area (Å²) in [5.41, 5.74) is 15.6. The number of furan rings is 1. The topological polar surface area (TPSA) is 31.6 Å². The zero-order valence-corrected chi connectivity index (χ0v) is 30.2. The number of rotatable bonds is 1. The summed E-state index contributed by atoms with van der Waals surface area (Å²) in [5, 5.41) is 2.21. The van der Waals surface area contributed by atoms with Gasteiger partial charge in [0.05, 0.1) is 16.6 Å². The summed E-state index contributed by atoms with van der Waals surface area (Å²) in [6.07, 6.45) is 0. The average Bonchev–Trinajstić information content (AvgIpc) is 3.79. The van der Waals surface area contributed by atoms with Crippen LogP contribution in [0.3, 0.4) is 0 Å². The van der Waals surface area contributed by atoms with Crippen LogP contribution in [-0.4, -0.2) is 18.3 Å². The minimum atomic E-state index is -0.629. The summed E-state index contributed by atoms with van der Waals surface area (Å²) in [6.45, 7) is 8.53. The minimum absolute atomic E-state index is 0.509. The van der Waals surface area contributed by atoms with Crippen molar-refractivity contribution >= 4 is 34.5 Å². The fourth-order valence-corrected chi connectivity index (χ4v) is 9.60. The monoisotopic (exact) mass is 684 g/mol. The summed E-state index contributed by atoms with van der Waals surface area (Å²) >= 11 is 0. The number of benzene rings is 7. The van der Waals surface area contributed by atoms with Crippen LogP contribution in [-0.2, 0) is 14.7 Å². The maximum absolute atomic E-state index is 6.92. The molecule has 0 bridgehead atoms. The first-order valence-corrected chi connectivity index (χ1v) is 18.6. The summed E-state index contributed by atoms with van der Waals surface area (Å²) in [6, 6.07) is 55.7. The molecule has 1 spiro atoms. The van der Waals surface area contributed by atoms with E-state index in [2.05, 4.69) is 173 Å². The quantitative estimate of drug-likeness (QED) is 0.161. The summed E-state index contributed by atoms with van der Waals surface area (Å²) < 4.78 is 20.4. The Bertz CT molecular complexity index is 2760. The molecule has 4 heteroatoms. The molecule has 0 amide bonds. The van der Waals surface area contributed by atoms with Gasteiger partial charge in [0.15, 0.2) is 0 Å². The van der Waals surface area contributed by atoms with Crippen molar-refractivity contribution in [2.75, 3.05) is 0 Å². The van der Waals surface area contributed by atoms with Gasteiger partial charge < -0.3 is 13.7 Å². The van der Waals surface area contributed by atoms with E-state index in [1.54, 1.807) is 0 Å². The Balaban J connectivity index is 1.39. The number of hydrogen-bond donors (Lipinski definition) is 0. The highest BCUT2D eigenvalue weighted by Crippen LogP contribution is 2.61. The number of fused-ring (bicyclic) bond motifs is 18. The van der Waals surface area contributed by atoms with Crippen molar-refractivity contribution in [1.82, 2.24) is 0 Å². The lowest BCUT2D eigenvalue weighted by atomic mass is 9.63. The van der Waals surface area contributed by atoms with Gasteiger partial charge in [0, 0.05) is 16.3 Å². The predicted molar refractivity (Wildman–Crippen MR) is 217 cm³/mol. The minimum Gasteiger partial charge on any atom is -0.456 e. The molecule has 0 saturated carbocycles. The van der Waals surface area contributed by atoms with E-state index < -0.39 is 23.7 Å². The Labute approximate surface area is 310 Å². The molecule has 3 nitrogen and oxygen atoms in total. The van der Waals surface area contributed by atoms with Crippen molar-refractivity contribution in [3.8, 4) is 44.5 Å². The first-order valence-electron chi connectivity index (χ1n) is 18.6. The largest absolute Gasteiger partial charge is 0.495 e. The van der Waals surface area contributed by atoms with Crippen molar-refractivity contribution in [3.05, 3.63) is 174 Å². The van der Waals surface area contributed by atoms with Crippen molar-refractivity contribution in [3.63, 3.8) is 0 Å². The first kappa shape index (κ1) is 30.9.